The highest BCUT2D eigenvalue weighted by atomic mass is 16.5. The summed E-state index contributed by atoms with van der Waals surface area (Å²) in [7, 11) is 0. The maximum Gasteiger partial charge on any atom is 0.269 e. The molecule has 282 valence electrons. The van der Waals surface area contributed by atoms with Gasteiger partial charge >= 0.3 is 0 Å². The summed E-state index contributed by atoms with van der Waals surface area (Å²) in [5.41, 5.74) is 12.0. The number of pyridine rings is 2. The maximum absolute atomic E-state index is 6.70. The van der Waals surface area contributed by atoms with Crippen molar-refractivity contribution in [1.82, 2.24) is 23.5 Å². The fraction of sp³-hybridized carbons (Fsp3) is 0.0962. The number of hydrogen-bond donors (Lipinski definition) is 0. The van der Waals surface area contributed by atoms with Crippen LogP contribution >= 0.6 is 0 Å². The maximum atomic E-state index is 6.70. The van der Waals surface area contributed by atoms with Gasteiger partial charge in [0.15, 0.2) is 0 Å². The third-order valence-electron chi connectivity index (χ3n) is 11.9. The van der Waals surface area contributed by atoms with Crippen molar-refractivity contribution in [3.8, 4) is 28.7 Å². The number of imidazole rings is 1. The van der Waals surface area contributed by atoms with Gasteiger partial charge in [0.2, 0.25) is 0 Å². The number of hydrogen-bond acceptors (Lipinski definition) is 3. The molecule has 7 heteroatoms. The van der Waals surface area contributed by atoms with Gasteiger partial charge in [-0.25, -0.2) is 4.98 Å². The molecule has 0 spiro atoms. The van der Waals surface area contributed by atoms with Gasteiger partial charge in [-0.2, -0.15) is 0 Å². The molecule has 12 aromatic rings. The van der Waals surface area contributed by atoms with Crippen LogP contribution in [0.5, 0.6) is 11.5 Å². The fourth-order valence-corrected chi connectivity index (χ4v) is 9.14. The van der Waals surface area contributed by atoms with E-state index in [-0.39, 0.29) is 5.41 Å². The number of fused-ring (bicyclic) bond motifs is 10. The normalized spacial score (nSPS) is 12.4. The molecule has 0 N–H and O–H groups in total. The number of aromatic nitrogens is 6. The van der Waals surface area contributed by atoms with E-state index in [2.05, 4.69) is 178 Å². The molecule has 59 heavy (non-hydrogen) atoms. The molecule has 0 aliphatic carbocycles. The summed E-state index contributed by atoms with van der Waals surface area (Å²) in [6, 6.07) is 51.5. The first-order valence-electron chi connectivity index (χ1n) is 20.1. The molecular weight excluding hydrogens is 725 g/mol. The van der Waals surface area contributed by atoms with Crippen molar-refractivity contribution in [3.63, 3.8) is 0 Å². The van der Waals surface area contributed by atoms with E-state index in [1.165, 1.54) is 43.7 Å². The molecule has 6 heterocycles. The Balaban J connectivity index is 0.975. The smallest absolute Gasteiger partial charge is 0.269 e. The first-order chi connectivity index (χ1) is 28.8. The predicted octanol–water partition coefficient (Wildman–Crippen LogP) is 12.1. The van der Waals surface area contributed by atoms with Gasteiger partial charge < -0.3 is 9.14 Å². The minimum Gasteiger partial charge on any atom is -0.458 e. The van der Waals surface area contributed by atoms with Crippen LogP contribution in [0.25, 0.3) is 88.1 Å². The Hall–Kier alpha value is -7.51. The standard InChI is InChI=1S/C52H38N6O/c1-32-24-48-43(30-54-32)40-21-20-37(29-49(40)57(48)50-25-33(22-23-53-50)52(2,3)4)59-36-13-11-12-34(26-36)55-31-56(47-19-10-9-18-46(47)55)35-27-41-38-14-5-7-16-44(38)58-45-17-8-6-15-39(45)42(28-35)51(41)58/h5-30H,1-4H3. The molecule has 0 saturated carbocycles. The van der Waals surface area contributed by atoms with Crippen LogP contribution in [0.3, 0.4) is 0 Å². The second-order valence-corrected chi connectivity index (χ2v) is 16.6. The lowest BCUT2D eigenvalue weighted by molar-refractivity contribution is -0.572. The Morgan fingerprint density at radius 3 is 2.02 bits per heavy atom. The van der Waals surface area contributed by atoms with Gasteiger partial charge in [-0.3, -0.25) is 18.7 Å². The Kier molecular flexibility index (Phi) is 6.98. The van der Waals surface area contributed by atoms with Crippen molar-refractivity contribution in [1.29, 1.82) is 0 Å². The zero-order chi connectivity index (χ0) is 39.6. The first kappa shape index (κ1) is 33.6. The van der Waals surface area contributed by atoms with Crippen molar-refractivity contribution in [2.24, 2.45) is 0 Å². The number of para-hydroxylation sites is 4. The third-order valence-corrected chi connectivity index (χ3v) is 11.9. The lowest BCUT2D eigenvalue weighted by Gasteiger charge is -2.20. The molecule has 0 atom stereocenters. The van der Waals surface area contributed by atoms with Crippen LogP contribution in [0.1, 0.15) is 32.0 Å². The predicted molar refractivity (Wildman–Crippen MR) is 238 cm³/mol. The number of nitrogens with zero attached hydrogens (tertiary/aromatic N) is 6. The molecule has 0 fully saturated rings. The largest absolute Gasteiger partial charge is 0.458 e. The summed E-state index contributed by atoms with van der Waals surface area (Å²) in [5, 5.41) is 7.13. The van der Waals surface area contributed by atoms with E-state index >= 15 is 0 Å². The number of benzene rings is 6. The van der Waals surface area contributed by atoms with Crippen molar-refractivity contribution >= 4 is 70.9 Å². The van der Waals surface area contributed by atoms with Gasteiger partial charge in [0.1, 0.15) is 17.3 Å². The molecule has 0 amide bonds. The van der Waals surface area contributed by atoms with Crippen molar-refractivity contribution in [2.75, 3.05) is 0 Å². The first-order valence-corrected chi connectivity index (χ1v) is 20.1. The molecule has 0 radical (unpaired) electrons. The van der Waals surface area contributed by atoms with Crippen LogP contribution in [0, 0.1) is 13.3 Å². The highest BCUT2D eigenvalue weighted by Crippen LogP contribution is 2.40. The Morgan fingerprint density at radius 2 is 1.25 bits per heavy atom. The van der Waals surface area contributed by atoms with Crippen LogP contribution in [0.4, 0.5) is 0 Å². The average molecular weight is 763 g/mol. The van der Waals surface area contributed by atoms with Gasteiger partial charge in [-0.15, -0.1) is 0 Å². The van der Waals surface area contributed by atoms with Gasteiger partial charge in [-0.05, 0) is 90.7 Å². The molecule has 7 nitrogen and oxygen atoms in total. The molecule has 0 bridgehead atoms. The summed E-state index contributed by atoms with van der Waals surface area (Å²) in [5.74, 6) is 2.33. The number of rotatable bonds is 5. The summed E-state index contributed by atoms with van der Waals surface area (Å²) in [6.07, 6.45) is 7.62. The van der Waals surface area contributed by atoms with Crippen LogP contribution in [-0.2, 0) is 5.41 Å². The number of aryl methyl sites for hydroxylation is 1. The summed E-state index contributed by atoms with van der Waals surface area (Å²) < 4.78 is 15.7. The lowest BCUT2D eigenvalue weighted by atomic mass is 9.88. The highest BCUT2D eigenvalue weighted by Gasteiger charge is 2.22. The van der Waals surface area contributed by atoms with Crippen LogP contribution in [0.2, 0.25) is 0 Å². The second kappa shape index (κ2) is 12.2. The van der Waals surface area contributed by atoms with Gasteiger partial charge in [-0.1, -0.05) is 87.5 Å². The minimum absolute atomic E-state index is 0.0209. The molecule has 6 aromatic heterocycles. The van der Waals surface area contributed by atoms with Crippen LogP contribution in [-0.4, -0.2) is 23.5 Å². The van der Waals surface area contributed by atoms with E-state index in [9.17, 15) is 0 Å². The third kappa shape index (κ3) is 5.04. The molecule has 0 aliphatic heterocycles. The Labute approximate surface area is 339 Å². The van der Waals surface area contributed by atoms with Gasteiger partial charge in [0.25, 0.3) is 6.33 Å². The molecular formula is C52H38N6O. The SMILES string of the molecule is Cc1cc2c(cn1)c1ccc(Oc3cccc(-n4[c-][n+](-c5cc6c7ccccc7n7c8ccccc8c(c5)c67)c5ccccc54)c3)cc1n2-c1cc(C(C)(C)C)ccn1. The van der Waals surface area contributed by atoms with E-state index in [1.807, 2.05) is 37.5 Å². The average Bonchev–Trinajstić information content (AvgIpc) is 3.99. The van der Waals surface area contributed by atoms with Crippen LogP contribution < -0.4 is 9.30 Å². The topological polar surface area (TPSA) is 53.2 Å². The number of ether oxygens (including phenoxy) is 1. The lowest BCUT2D eigenvalue weighted by Crippen LogP contribution is -2.29. The summed E-state index contributed by atoms with van der Waals surface area (Å²) in [6.45, 7) is 8.72. The molecule has 0 saturated heterocycles. The summed E-state index contributed by atoms with van der Waals surface area (Å²) in [4.78, 5) is 9.54. The van der Waals surface area contributed by atoms with Crippen molar-refractivity contribution in [2.45, 2.75) is 33.1 Å². The second-order valence-electron chi connectivity index (χ2n) is 16.6. The minimum atomic E-state index is -0.0209. The molecule has 0 unspecified atom stereocenters. The van der Waals surface area contributed by atoms with Crippen molar-refractivity contribution in [3.05, 3.63) is 176 Å². The van der Waals surface area contributed by atoms with E-state index in [4.69, 9.17) is 9.72 Å². The monoisotopic (exact) mass is 762 g/mol. The molecule has 12 rings (SSSR count). The van der Waals surface area contributed by atoms with Gasteiger partial charge in [0, 0.05) is 56.5 Å². The fourth-order valence-electron chi connectivity index (χ4n) is 9.14. The quantitative estimate of drug-likeness (QED) is 0.130. The zero-order valence-electron chi connectivity index (χ0n) is 33.1. The zero-order valence-corrected chi connectivity index (χ0v) is 33.1. The summed E-state index contributed by atoms with van der Waals surface area (Å²) >= 11 is 0. The Morgan fingerprint density at radius 1 is 0.576 bits per heavy atom. The molecule has 0 aliphatic rings. The molecule has 6 aromatic carbocycles. The van der Waals surface area contributed by atoms with Crippen molar-refractivity contribution < 1.29 is 9.30 Å². The van der Waals surface area contributed by atoms with Gasteiger partial charge in [0.05, 0.1) is 50.0 Å². The van der Waals surface area contributed by atoms with E-state index in [0.717, 1.165) is 67.2 Å². The van der Waals surface area contributed by atoms with E-state index in [0.29, 0.717) is 0 Å². The Bertz CT molecular complexity index is 3570. The van der Waals surface area contributed by atoms with E-state index < -0.39 is 0 Å². The highest BCUT2D eigenvalue weighted by molar-refractivity contribution is 6.23. The van der Waals surface area contributed by atoms with Crippen LogP contribution in [0.15, 0.2) is 158 Å². The van der Waals surface area contributed by atoms with E-state index in [1.54, 1.807) is 0 Å².